The molecule has 0 aliphatic heterocycles. The monoisotopic (exact) mass is 297 g/mol. The van der Waals surface area contributed by atoms with E-state index in [1.807, 2.05) is 0 Å². The number of halogens is 4. The van der Waals surface area contributed by atoms with Gasteiger partial charge in [-0.1, -0.05) is 0 Å². The van der Waals surface area contributed by atoms with E-state index in [0.29, 0.717) is 0 Å². The van der Waals surface area contributed by atoms with E-state index in [-0.39, 0.29) is 16.6 Å². The molecule has 1 aromatic rings. The number of rotatable bonds is 3. The highest BCUT2D eigenvalue weighted by Crippen LogP contribution is 2.25. The van der Waals surface area contributed by atoms with Crippen LogP contribution in [0.4, 0.5) is 13.2 Å². The van der Waals surface area contributed by atoms with Crippen molar-refractivity contribution < 1.29 is 22.7 Å². The molecule has 0 bridgehead atoms. The van der Waals surface area contributed by atoms with E-state index in [4.69, 9.17) is 0 Å². The topological polar surface area (TPSA) is 39.2 Å². The Bertz CT molecular complexity index is 412. The number of methoxy groups -OCH3 is 1. The Morgan fingerprint density at radius 1 is 1.62 bits per heavy atom. The smallest absolute Gasteiger partial charge is 0.311 e. The quantitative estimate of drug-likeness (QED) is 0.805. The molecule has 0 radical (unpaired) electrons. The van der Waals surface area contributed by atoms with Crippen LogP contribution in [-0.4, -0.2) is 18.1 Å². The van der Waals surface area contributed by atoms with Crippen molar-refractivity contribution in [1.29, 1.82) is 0 Å². The second kappa shape index (κ2) is 5.29. The Morgan fingerprint density at radius 2 is 2.25 bits per heavy atom. The fraction of sp³-hybridized carbons (Fsp3) is 0.333. The Balaban J connectivity index is 3.09. The average molecular weight is 298 g/mol. The molecule has 3 nitrogen and oxygen atoms in total. The van der Waals surface area contributed by atoms with Gasteiger partial charge >= 0.3 is 5.97 Å². The summed E-state index contributed by atoms with van der Waals surface area (Å²) in [5, 5.41) is 0. The normalized spacial score (nSPS) is 10.6. The maximum Gasteiger partial charge on any atom is 0.311 e. The summed E-state index contributed by atoms with van der Waals surface area (Å²) in [7, 11) is 1.16. The molecule has 0 amide bonds. The van der Waals surface area contributed by atoms with Crippen LogP contribution in [0.15, 0.2) is 10.5 Å². The average Bonchev–Trinajstić information content (AvgIpc) is 2.21. The van der Waals surface area contributed by atoms with Crippen LogP contribution in [0.25, 0.3) is 0 Å². The Kier molecular flexibility index (Phi) is 4.28. The molecule has 16 heavy (non-hydrogen) atoms. The maximum atomic E-state index is 13.0. The first-order valence-electron chi connectivity index (χ1n) is 4.15. The third-order valence-corrected chi connectivity index (χ3v) is 2.46. The van der Waals surface area contributed by atoms with Crippen LogP contribution in [0.2, 0.25) is 0 Å². The number of nitrogens with zero attached hydrogens (tertiary/aromatic N) is 1. The van der Waals surface area contributed by atoms with Crippen LogP contribution in [0, 0.1) is 5.82 Å². The van der Waals surface area contributed by atoms with Gasteiger partial charge in [0.05, 0.1) is 19.2 Å². The zero-order valence-electron chi connectivity index (χ0n) is 8.14. The highest BCUT2D eigenvalue weighted by Gasteiger charge is 2.19. The number of aromatic nitrogens is 1. The van der Waals surface area contributed by atoms with Crippen molar-refractivity contribution in [3.8, 4) is 0 Å². The lowest BCUT2D eigenvalue weighted by Gasteiger charge is -2.06. The number of carbonyl (C=O) groups is 1. The van der Waals surface area contributed by atoms with Gasteiger partial charge in [-0.2, -0.15) is 0 Å². The largest absolute Gasteiger partial charge is 0.469 e. The van der Waals surface area contributed by atoms with Gasteiger partial charge in [0, 0.05) is 4.47 Å². The van der Waals surface area contributed by atoms with Crippen molar-refractivity contribution in [3.63, 3.8) is 0 Å². The van der Waals surface area contributed by atoms with E-state index in [0.717, 1.165) is 13.2 Å². The first-order valence-corrected chi connectivity index (χ1v) is 4.94. The third-order valence-electron chi connectivity index (χ3n) is 1.78. The summed E-state index contributed by atoms with van der Waals surface area (Å²) >= 11 is 2.93. The summed E-state index contributed by atoms with van der Waals surface area (Å²) in [6.45, 7) is 0. The lowest BCUT2D eigenvalue weighted by Crippen LogP contribution is -2.09. The SMILES string of the molecule is COC(=O)Cc1nc(C(F)F)c(F)cc1Br. The van der Waals surface area contributed by atoms with Crippen LogP contribution in [-0.2, 0) is 16.0 Å². The van der Waals surface area contributed by atoms with Crippen LogP contribution in [0.1, 0.15) is 17.8 Å². The van der Waals surface area contributed by atoms with Gasteiger partial charge in [-0.3, -0.25) is 4.79 Å². The molecule has 7 heteroatoms. The predicted octanol–water partition coefficient (Wildman–Crippen LogP) is 2.64. The lowest BCUT2D eigenvalue weighted by atomic mass is 10.2. The maximum absolute atomic E-state index is 13.0. The molecule has 0 aliphatic carbocycles. The van der Waals surface area contributed by atoms with Crippen LogP contribution in [0.5, 0.6) is 0 Å². The first kappa shape index (κ1) is 13.0. The van der Waals surface area contributed by atoms with Crippen molar-refractivity contribution in [2.45, 2.75) is 12.8 Å². The van der Waals surface area contributed by atoms with Crippen LogP contribution >= 0.6 is 15.9 Å². The summed E-state index contributed by atoms with van der Waals surface area (Å²) in [5.41, 5.74) is -0.953. The number of ether oxygens (including phenoxy) is 1. The lowest BCUT2D eigenvalue weighted by molar-refractivity contribution is -0.139. The van der Waals surface area contributed by atoms with Gasteiger partial charge in [-0.05, 0) is 22.0 Å². The fourth-order valence-electron chi connectivity index (χ4n) is 1.01. The number of alkyl halides is 2. The van der Waals surface area contributed by atoms with E-state index >= 15 is 0 Å². The third kappa shape index (κ3) is 2.94. The van der Waals surface area contributed by atoms with E-state index in [2.05, 4.69) is 25.7 Å². The highest BCUT2D eigenvalue weighted by atomic mass is 79.9. The number of pyridine rings is 1. The van der Waals surface area contributed by atoms with Gasteiger partial charge in [0.2, 0.25) is 0 Å². The van der Waals surface area contributed by atoms with Gasteiger partial charge in [0.15, 0.2) is 5.82 Å². The number of hydrogen-bond donors (Lipinski definition) is 0. The van der Waals surface area contributed by atoms with E-state index in [1.54, 1.807) is 0 Å². The highest BCUT2D eigenvalue weighted by molar-refractivity contribution is 9.10. The molecule has 0 aromatic carbocycles. The molecule has 1 aromatic heterocycles. The van der Waals surface area contributed by atoms with Crippen LogP contribution in [0.3, 0.4) is 0 Å². The Hall–Kier alpha value is -1.11. The Morgan fingerprint density at radius 3 is 2.75 bits per heavy atom. The first-order chi connectivity index (χ1) is 7.45. The predicted molar refractivity (Wildman–Crippen MR) is 52.6 cm³/mol. The van der Waals surface area contributed by atoms with Crippen molar-refractivity contribution in [2.75, 3.05) is 7.11 Å². The summed E-state index contributed by atoms with van der Waals surface area (Å²) in [5.74, 6) is -1.75. The second-order valence-corrected chi connectivity index (χ2v) is 3.69. The molecule has 0 aliphatic rings. The van der Waals surface area contributed by atoms with Crippen molar-refractivity contribution >= 4 is 21.9 Å². The molecule has 1 rings (SSSR count). The van der Waals surface area contributed by atoms with Gasteiger partial charge in [-0.15, -0.1) is 0 Å². The summed E-state index contributed by atoms with van der Waals surface area (Å²) in [4.78, 5) is 14.3. The molecule has 0 atom stereocenters. The second-order valence-electron chi connectivity index (χ2n) is 2.84. The molecule has 0 N–H and O–H groups in total. The van der Waals surface area contributed by atoms with E-state index in [9.17, 15) is 18.0 Å². The van der Waals surface area contributed by atoms with Crippen molar-refractivity contribution in [2.24, 2.45) is 0 Å². The molecular formula is C9H7BrF3NO2. The minimum Gasteiger partial charge on any atom is -0.469 e. The van der Waals surface area contributed by atoms with Crippen molar-refractivity contribution in [1.82, 2.24) is 4.98 Å². The molecule has 1 heterocycles. The summed E-state index contributed by atoms with van der Waals surface area (Å²) < 4.78 is 42.2. The van der Waals surface area contributed by atoms with Crippen LogP contribution < -0.4 is 0 Å². The van der Waals surface area contributed by atoms with Gasteiger partial charge in [0.25, 0.3) is 6.43 Å². The van der Waals surface area contributed by atoms with E-state index < -0.39 is 23.9 Å². The number of esters is 1. The molecule has 0 saturated heterocycles. The number of carbonyl (C=O) groups excluding carboxylic acids is 1. The van der Waals surface area contributed by atoms with E-state index in [1.165, 1.54) is 0 Å². The molecular weight excluding hydrogens is 291 g/mol. The summed E-state index contributed by atoms with van der Waals surface area (Å²) in [6.07, 6.45) is -3.32. The zero-order valence-corrected chi connectivity index (χ0v) is 9.72. The standard InChI is InChI=1S/C9H7BrF3NO2/c1-16-7(15)3-6-4(10)2-5(11)8(14-6)9(12)13/h2,9H,3H2,1H3. The number of hydrogen-bond acceptors (Lipinski definition) is 3. The van der Waals surface area contributed by atoms with Gasteiger partial charge in [-0.25, -0.2) is 18.2 Å². The minimum atomic E-state index is -3.02. The van der Waals surface area contributed by atoms with Gasteiger partial charge < -0.3 is 4.74 Å². The molecule has 88 valence electrons. The fourth-order valence-corrected chi connectivity index (χ4v) is 1.44. The minimum absolute atomic E-state index is 0.0172. The molecule has 0 spiro atoms. The van der Waals surface area contributed by atoms with Gasteiger partial charge in [0.1, 0.15) is 5.69 Å². The molecule has 0 saturated carbocycles. The zero-order chi connectivity index (χ0) is 12.3. The van der Waals surface area contributed by atoms with Crippen molar-refractivity contribution in [3.05, 3.63) is 27.7 Å². The Labute approximate surface area is 97.8 Å². The molecule has 0 fully saturated rings. The molecule has 0 unspecified atom stereocenters. The summed E-state index contributed by atoms with van der Waals surface area (Å²) in [6, 6.07) is 0.854.